The fraction of sp³-hybridized carbons (Fsp3) is 0. The van der Waals surface area contributed by atoms with Crippen LogP contribution in [0.5, 0.6) is 0 Å². The Hall–Kier alpha value is -0.710. The Kier molecular flexibility index (Phi) is 3.22. The first-order chi connectivity index (χ1) is 5.29. The van der Waals surface area contributed by atoms with Crippen molar-refractivity contribution in [1.82, 2.24) is 4.98 Å². The Morgan fingerprint density at radius 1 is 1.55 bits per heavy atom. The molecule has 1 aromatic heterocycles. The van der Waals surface area contributed by atoms with Crippen LogP contribution >= 0.6 is 22.6 Å². The number of carbonyl (C=O) groups excluding carboxylic acids is 1. The van der Waals surface area contributed by atoms with Gasteiger partial charge in [-0.15, -0.1) is 0 Å². The Morgan fingerprint density at radius 3 is 2.91 bits per heavy atom. The van der Waals surface area contributed by atoms with Crippen LogP contribution in [0.1, 0.15) is 5.69 Å². The van der Waals surface area contributed by atoms with Crippen molar-refractivity contribution in [1.29, 1.82) is 0 Å². The lowest BCUT2D eigenvalue weighted by atomic mass is 10.3. The summed E-state index contributed by atoms with van der Waals surface area (Å²) in [6, 6.07) is 5.56. The van der Waals surface area contributed by atoms with E-state index in [0.717, 1.165) is 5.69 Å². The van der Waals surface area contributed by atoms with Crippen LogP contribution in [0.15, 0.2) is 30.5 Å². The van der Waals surface area contributed by atoms with E-state index in [-0.39, 0.29) is 3.79 Å². The second-order valence-electron chi connectivity index (χ2n) is 1.89. The molecule has 11 heavy (non-hydrogen) atoms. The van der Waals surface area contributed by atoms with Crippen molar-refractivity contribution in [3.8, 4) is 0 Å². The summed E-state index contributed by atoms with van der Waals surface area (Å²) in [4.78, 5) is 14.5. The molecule has 1 rings (SSSR count). The van der Waals surface area contributed by atoms with Gasteiger partial charge >= 0.3 is 0 Å². The van der Waals surface area contributed by atoms with Gasteiger partial charge in [-0.2, -0.15) is 0 Å². The van der Waals surface area contributed by atoms with Gasteiger partial charge in [-0.25, -0.2) is 0 Å². The predicted molar refractivity (Wildman–Crippen MR) is 52.3 cm³/mol. The average Bonchev–Trinajstić information content (AvgIpc) is 2.03. The van der Waals surface area contributed by atoms with Crippen molar-refractivity contribution >= 4 is 32.5 Å². The predicted octanol–water partition coefficient (Wildman–Crippen LogP) is 2.06. The minimum absolute atomic E-state index is 0.00764. The first-order valence-electron chi connectivity index (χ1n) is 3.07. The van der Waals surface area contributed by atoms with Crippen LogP contribution in [-0.4, -0.2) is 8.77 Å². The second-order valence-corrected chi connectivity index (χ2v) is 2.96. The Labute approximate surface area is 78.5 Å². The van der Waals surface area contributed by atoms with Crippen molar-refractivity contribution in [3.05, 3.63) is 36.2 Å². The van der Waals surface area contributed by atoms with E-state index in [1.807, 2.05) is 18.2 Å². The van der Waals surface area contributed by atoms with Crippen LogP contribution in [0.4, 0.5) is 0 Å². The van der Waals surface area contributed by atoms with Gasteiger partial charge in [-0.05, 0) is 24.3 Å². The molecule has 0 fully saturated rings. The molecule has 0 aromatic carbocycles. The molecular formula is C8H6INO. The maximum absolute atomic E-state index is 10.5. The molecule has 0 bridgehead atoms. The van der Waals surface area contributed by atoms with E-state index in [2.05, 4.69) is 4.98 Å². The fourth-order valence-corrected chi connectivity index (χ4v) is 0.805. The molecule has 0 N–H and O–H groups in total. The molecule has 0 radical (unpaired) electrons. The molecule has 0 aliphatic carbocycles. The lowest BCUT2D eigenvalue weighted by Gasteiger charge is -1.87. The molecule has 3 heteroatoms. The summed E-state index contributed by atoms with van der Waals surface area (Å²) in [7, 11) is 0. The zero-order valence-electron chi connectivity index (χ0n) is 5.70. The number of pyridine rings is 1. The molecule has 0 aliphatic rings. The molecule has 56 valence electrons. The summed E-state index contributed by atoms with van der Waals surface area (Å²) in [5.74, 6) is 0. The van der Waals surface area contributed by atoms with E-state index >= 15 is 0 Å². The van der Waals surface area contributed by atoms with Gasteiger partial charge in [0.25, 0.3) is 0 Å². The Morgan fingerprint density at radius 2 is 2.36 bits per heavy atom. The molecular weight excluding hydrogens is 253 g/mol. The maximum atomic E-state index is 10.5. The number of rotatable bonds is 2. The minimum Gasteiger partial charge on any atom is -0.283 e. The molecule has 0 unspecified atom stereocenters. The average molecular weight is 259 g/mol. The zero-order chi connectivity index (χ0) is 8.10. The van der Waals surface area contributed by atoms with Gasteiger partial charge in [0.1, 0.15) is 0 Å². The third kappa shape index (κ3) is 3.27. The number of aromatic nitrogens is 1. The van der Waals surface area contributed by atoms with Crippen LogP contribution in [0.25, 0.3) is 6.08 Å². The third-order valence-electron chi connectivity index (χ3n) is 1.07. The molecule has 0 saturated carbocycles. The maximum Gasteiger partial charge on any atom is 0.215 e. The van der Waals surface area contributed by atoms with Crippen LogP contribution in [0, 0.1) is 0 Å². The van der Waals surface area contributed by atoms with Crippen LogP contribution < -0.4 is 0 Å². The molecule has 1 aromatic rings. The Balaban J connectivity index is 2.72. The van der Waals surface area contributed by atoms with Gasteiger partial charge in [-0.3, -0.25) is 9.78 Å². The highest BCUT2D eigenvalue weighted by Gasteiger charge is 1.86. The molecule has 2 nitrogen and oxygen atoms in total. The largest absolute Gasteiger partial charge is 0.283 e. The number of hydrogen-bond acceptors (Lipinski definition) is 2. The van der Waals surface area contributed by atoms with E-state index in [4.69, 9.17) is 0 Å². The fourth-order valence-electron chi connectivity index (χ4n) is 0.625. The molecule has 0 amide bonds. The van der Waals surface area contributed by atoms with Crippen molar-refractivity contribution in [2.24, 2.45) is 0 Å². The number of halogens is 1. The van der Waals surface area contributed by atoms with E-state index in [1.165, 1.54) is 6.08 Å². The van der Waals surface area contributed by atoms with Gasteiger partial charge in [0.2, 0.25) is 3.79 Å². The summed E-state index contributed by atoms with van der Waals surface area (Å²) in [5, 5.41) is 0. The van der Waals surface area contributed by atoms with Crippen molar-refractivity contribution in [2.45, 2.75) is 0 Å². The van der Waals surface area contributed by atoms with E-state index in [1.54, 1.807) is 34.9 Å². The summed E-state index contributed by atoms with van der Waals surface area (Å²) in [6.45, 7) is 0. The van der Waals surface area contributed by atoms with Crippen molar-refractivity contribution in [3.63, 3.8) is 0 Å². The second kappa shape index (κ2) is 4.23. The smallest absolute Gasteiger partial charge is 0.215 e. The first kappa shape index (κ1) is 8.39. The number of allylic oxidation sites excluding steroid dienone is 1. The van der Waals surface area contributed by atoms with Gasteiger partial charge in [0.05, 0.1) is 5.69 Å². The summed E-state index contributed by atoms with van der Waals surface area (Å²) in [6.07, 6.45) is 4.87. The Bertz CT molecular complexity index is 269. The molecule has 1 heterocycles. The minimum atomic E-state index is 0.00764. The first-order valence-corrected chi connectivity index (χ1v) is 4.15. The van der Waals surface area contributed by atoms with Crippen LogP contribution in [0.3, 0.4) is 0 Å². The summed E-state index contributed by atoms with van der Waals surface area (Å²) in [5.41, 5.74) is 0.803. The van der Waals surface area contributed by atoms with Crippen LogP contribution in [0.2, 0.25) is 0 Å². The highest BCUT2D eigenvalue weighted by atomic mass is 127. The highest BCUT2D eigenvalue weighted by molar-refractivity contribution is 14.1. The lowest BCUT2D eigenvalue weighted by molar-refractivity contribution is -0.105. The number of hydrogen-bond donors (Lipinski definition) is 0. The molecule has 0 spiro atoms. The zero-order valence-corrected chi connectivity index (χ0v) is 7.86. The number of nitrogens with zero attached hydrogens (tertiary/aromatic N) is 1. The standard InChI is InChI=1S/C8H6INO/c9-8(11)5-4-7-3-1-2-6-10-7/h1-6H/b5-4+. The summed E-state index contributed by atoms with van der Waals surface area (Å²) >= 11 is 1.72. The lowest BCUT2D eigenvalue weighted by Crippen LogP contribution is -1.78. The monoisotopic (exact) mass is 259 g/mol. The topological polar surface area (TPSA) is 30.0 Å². The molecule has 0 saturated heterocycles. The van der Waals surface area contributed by atoms with Gasteiger partial charge in [-0.1, -0.05) is 6.07 Å². The van der Waals surface area contributed by atoms with Crippen molar-refractivity contribution < 1.29 is 4.79 Å². The normalized spacial score (nSPS) is 10.3. The molecule has 0 aliphatic heterocycles. The van der Waals surface area contributed by atoms with Gasteiger partial charge < -0.3 is 0 Å². The highest BCUT2D eigenvalue weighted by Crippen LogP contribution is 1.97. The quantitative estimate of drug-likeness (QED) is 0.462. The molecule has 0 atom stereocenters. The van der Waals surface area contributed by atoms with Crippen molar-refractivity contribution in [2.75, 3.05) is 0 Å². The van der Waals surface area contributed by atoms with Crippen LogP contribution in [-0.2, 0) is 4.79 Å². The SMILES string of the molecule is O=C(I)/C=C/c1ccccn1. The van der Waals surface area contributed by atoms with Gasteiger partial charge in [0.15, 0.2) is 0 Å². The van der Waals surface area contributed by atoms with E-state index in [0.29, 0.717) is 0 Å². The summed E-state index contributed by atoms with van der Waals surface area (Å²) < 4.78 is 0.00764. The third-order valence-corrected chi connectivity index (χ3v) is 1.43. The van der Waals surface area contributed by atoms with E-state index in [9.17, 15) is 4.79 Å². The van der Waals surface area contributed by atoms with Gasteiger partial charge in [0, 0.05) is 28.8 Å². The van der Waals surface area contributed by atoms with E-state index < -0.39 is 0 Å². The number of carbonyl (C=O) groups is 1.